The third-order valence-electron chi connectivity index (χ3n) is 2.64. The number of rotatable bonds is 6. The molecule has 0 heterocycles. The number of benzene rings is 2. The minimum Gasteiger partial charge on any atom is -0.285 e. The maximum Gasteiger partial charge on any atom is 0.233 e. The number of carbonyl (C=O) groups is 2. The predicted octanol–water partition coefficient (Wildman–Crippen LogP) is 3.97. The van der Waals surface area contributed by atoms with Crippen LogP contribution in [0.3, 0.4) is 0 Å². The molecule has 0 radical (unpaired) electrons. The van der Waals surface area contributed by atoms with Gasteiger partial charge >= 0.3 is 0 Å². The van der Waals surface area contributed by atoms with Crippen LogP contribution in [0.1, 0.15) is 20.7 Å². The van der Waals surface area contributed by atoms with Crippen molar-refractivity contribution in [3.63, 3.8) is 0 Å². The summed E-state index contributed by atoms with van der Waals surface area (Å²) in [5.74, 6) is -0.948. The highest BCUT2D eigenvalue weighted by Crippen LogP contribution is 2.32. The first-order valence-corrected chi connectivity index (χ1v) is 8.44. The van der Waals surface area contributed by atoms with Crippen LogP contribution in [0.5, 0.6) is 0 Å². The fraction of sp³-hybridized carbons (Fsp3) is 0.125. The van der Waals surface area contributed by atoms with Gasteiger partial charge in [0.25, 0.3) is 0 Å². The summed E-state index contributed by atoms with van der Waals surface area (Å²) in [6.45, 7) is 0. The molecule has 0 amide bonds. The van der Waals surface area contributed by atoms with Crippen LogP contribution in [0.4, 0.5) is 0 Å². The van der Waals surface area contributed by atoms with Gasteiger partial charge in [0, 0.05) is 16.0 Å². The van der Waals surface area contributed by atoms with Crippen LogP contribution in [0.15, 0.2) is 59.5 Å². The van der Waals surface area contributed by atoms with Crippen LogP contribution in [0.25, 0.3) is 0 Å². The van der Waals surface area contributed by atoms with Crippen molar-refractivity contribution in [3.8, 4) is 0 Å². The zero-order valence-electron chi connectivity index (χ0n) is 11.8. The Morgan fingerprint density at radius 1 is 0.810 bits per heavy atom. The van der Waals surface area contributed by atoms with E-state index in [1.54, 1.807) is 58.2 Å². The SMILES string of the molecule is CN(C)SSc1ccc(C(=O)C(=O)c2ccccc2)cc1. The highest BCUT2D eigenvalue weighted by molar-refractivity contribution is 8.75. The lowest BCUT2D eigenvalue weighted by atomic mass is 10.0. The van der Waals surface area contributed by atoms with E-state index in [9.17, 15) is 9.59 Å². The molecule has 0 spiro atoms. The normalized spacial score (nSPS) is 10.6. The van der Waals surface area contributed by atoms with Crippen LogP contribution in [0.2, 0.25) is 0 Å². The summed E-state index contributed by atoms with van der Waals surface area (Å²) >= 11 is 0. The number of hydrogen-bond donors (Lipinski definition) is 0. The Morgan fingerprint density at radius 3 is 1.86 bits per heavy atom. The fourth-order valence-corrected chi connectivity index (χ4v) is 3.15. The Balaban J connectivity index is 2.08. The molecular weight excluding hydrogens is 302 g/mol. The van der Waals surface area contributed by atoms with Gasteiger partial charge in [-0.3, -0.25) is 9.59 Å². The maximum absolute atomic E-state index is 12.2. The molecule has 0 saturated carbocycles. The lowest BCUT2D eigenvalue weighted by molar-refractivity contribution is 0.0817. The molecule has 3 nitrogen and oxygen atoms in total. The molecule has 0 unspecified atom stereocenters. The summed E-state index contributed by atoms with van der Waals surface area (Å²) in [5.41, 5.74) is 0.840. The van der Waals surface area contributed by atoms with Crippen molar-refractivity contribution < 1.29 is 9.59 Å². The van der Waals surface area contributed by atoms with Crippen molar-refractivity contribution >= 4 is 33.3 Å². The summed E-state index contributed by atoms with van der Waals surface area (Å²) in [6.07, 6.45) is 0. The second kappa shape index (κ2) is 7.45. The molecule has 0 atom stereocenters. The zero-order chi connectivity index (χ0) is 15.2. The third-order valence-corrected chi connectivity index (χ3v) is 5.17. The van der Waals surface area contributed by atoms with Gasteiger partial charge in [0.05, 0.1) is 0 Å². The van der Waals surface area contributed by atoms with Crippen molar-refractivity contribution in [2.45, 2.75) is 4.90 Å². The predicted molar refractivity (Wildman–Crippen MR) is 88.7 cm³/mol. The van der Waals surface area contributed by atoms with Crippen molar-refractivity contribution in [1.82, 2.24) is 4.31 Å². The highest BCUT2D eigenvalue weighted by Gasteiger charge is 2.17. The molecule has 5 heteroatoms. The first kappa shape index (κ1) is 15.8. The molecule has 108 valence electrons. The molecule has 21 heavy (non-hydrogen) atoms. The molecule has 2 rings (SSSR count). The van der Waals surface area contributed by atoms with Crippen molar-refractivity contribution in [2.75, 3.05) is 14.1 Å². The van der Waals surface area contributed by atoms with E-state index in [-0.39, 0.29) is 0 Å². The molecule has 0 bridgehead atoms. The third kappa shape index (κ3) is 4.46. The number of carbonyl (C=O) groups excluding carboxylic acids is 2. The Labute approximate surface area is 132 Å². The van der Waals surface area contributed by atoms with Crippen molar-refractivity contribution in [1.29, 1.82) is 0 Å². The summed E-state index contributed by atoms with van der Waals surface area (Å²) in [4.78, 5) is 25.3. The lowest BCUT2D eigenvalue weighted by Crippen LogP contribution is -2.14. The Bertz CT molecular complexity index is 624. The first-order chi connectivity index (χ1) is 10.1. The fourth-order valence-electron chi connectivity index (χ4n) is 1.63. The summed E-state index contributed by atoms with van der Waals surface area (Å²) < 4.78 is 1.99. The van der Waals surface area contributed by atoms with Gasteiger partial charge < -0.3 is 0 Å². The van der Waals surface area contributed by atoms with E-state index in [4.69, 9.17) is 0 Å². The van der Waals surface area contributed by atoms with E-state index in [2.05, 4.69) is 0 Å². The van der Waals surface area contributed by atoms with Crippen LogP contribution in [-0.2, 0) is 0 Å². The average Bonchev–Trinajstić information content (AvgIpc) is 2.53. The van der Waals surface area contributed by atoms with E-state index in [1.807, 2.05) is 36.6 Å². The van der Waals surface area contributed by atoms with Gasteiger partial charge in [-0.05, 0) is 60.1 Å². The van der Waals surface area contributed by atoms with E-state index in [0.717, 1.165) is 4.90 Å². The number of ketones is 2. The monoisotopic (exact) mass is 317 g/mol. The first-order valence-electron chi connectivity index (χ1n) is 6.34. The maximum atomic E-state index is 12.2. The molecule has 0 aliphatic heterocycles. The number of Topliss-reactive ketones (excluding diaryl/α,β-unsaturated/α-hetero) is 2. The van der Waals surface area contributed by atoms with Gasteiger partial charge in [-0.25, -0.2) is 4.31 Å². The summed E-state index contributed by atoms with van der Waals surface area (Å²) in [6, 6.07) is 15.7. The van der Waals surface area contributed by atoms with Gasteiger partial charge in [-0.1, -0.05) is 30.3 Å². The molecule has 2 aromatic rings. The average molecular weight is 317 g/mol. The standard InChI is InChI=1S/C16H15NO2S2/c1-17(2)21-20-14-10-8-13(9-11-14)16(19)15(18)12-6-4-3-5-7-12/h3-11H,1-2H3. The second-order valence-corrected chi connectivity index (χ2v) is 6.98. The highest BCUT2D eigenvalue weighted by atomic mass is 33.1. The Morgan fingerprint density at radius 2 is 1.33 bits per heavy atom. The number of nitrogens with zero attached hydrogens (tertiary/aromatic N) is 1. The second-order valence-electron chi connectivity index (χ2n) is 4.52. The van der Waals surface area contributed by atoms with Crippen LogP contribution in [-0.4, -0.2) is 30.0 Å². The quantitative estimate of drug-likeness (QED) is 0.349. The molecule has 0 aliphatic rings. The van der Waals surface area contributed by atoms with Crippen LogP contribution in [0, 0.1) is 0 Å². The Kier molecular flexibility index (Phi) is 5.61. The van der Waals surface area contributed by atoms with E-state index in [1.165, 1.54) is 0 Å². The van der Waals surface area contributed by atoms with E-state index < -0.39 is 11.6 Å². The molecular formula is C16H15NO2S2. The topological polar surface area (TPSA) is 37.4 Å². The lowest BCUT2D eigenvalue weighted by Gasteiger charge is -2.07. The van der Waals surface area contributed by atoms with Crippen LogP contribution >= 0.6 is 21.8 Å². The van der Waals surface area contributed by atoms with Crippen LogP contribution < -0.4 is 0 Å². The minimum absolute atomic E-state index is 0.419. The van der Waals surface area contributed by atoms with Gasteiger partial charge in [0.1, 0.15) is 0 Å². The molecule has 0 saturated heterocycles. The van der Waals surface area contributed by atoms with Crippen molar-refractivity contribution in [2.24, 2.45) is 0 Å². The molecule has 0 fully saturated rings. The summed E-state index contributed by atoms with van der Waals surface area (Å²) in [7, 11) is 7.13. The largest absolute Gasteiger partial charge is 0.285 e. The molecule has 2 aromatic carbocycles. The zero-order valence-corrected chi connectivity index (χ0v) is 13.4. The number of hydrogen-bond acceptors (Lipinski definition) is 5. The molecule has 0 aliphatic carbocycles. The molecule has 0 N–H and O–H groups in total. The Hall–Kier alpha value is -1.56. The molecule has 0 aromatic heterocycles. The summed E-state index contributed by atoms with van der Waals surface area (Å²) in [5, 5.41) is 0. The van der Waals surface area contributed by atoms with Gasteiger partial charge in [0.15, 0.2) is 0 Å². The van der Waals surface area contributed by atoms with Crippen molar-refractivity contribution in [3.05, 3.63) is 65.7 Å². The van der Waals surface area contributed by atoms with E-state index in [0.29, 0.717) is 11.1 Å². The van der Waals surface area contributed by atoms with E-state index >= 15 is 0 Å². The van der Waals surface area contributed by atoms with Gasteiger partial charge in [0.2, 0.25) is 11.6 Å². The van der Waals surface area contributed by atoms with Gasteiger partial charge in [-0.2, -0.15) is 0 Å². The smallest absolute Gasteiger partial charge is 0.233 e. The van der Waals surface area contributed by atoms with Gasteiger partial charge in [-0.15, -0.1) is 0 Å². The minimum atomic E-state index is -0.474.